The maximum absolute atomic E-state index is 12.2. The number of ether oxygens (including phenoxy) is 1. The fourth-order valence-corrected chi connectivity index (χ4v) is 3.68. The van der Waals surface area contributed by atoms with Crippen molar-refractivity contribution in [3.8, 4) is 0 Å². The molecular formula is C17H20N2O2. The fourth-order valence-electron chi connectivity index (χ4n) is 3.68. The third-order valence-corrected chi connectivity index (χ3v) is 4.88. The quantitative estimate of drug-likeness (QED) is 0.849. The number of carbonyl (C=O) groups excluding carboxylic acids is 1. The third-order valence-electron chi connectivity index (χ3n) is 4.88. The van der Waals surface area contributed by atoms with Gasteiger partial charge in [0.1, 0.15) is 6.10 Å². The molecule has 0 bridgehead atoms. The van der Waals surface area contributed by atoms with Crippen molar-refractivity contribution in [1.29, 1.82) is 0 Å². The van der Waals surface area contributed by atoms with E-state index in [2.05, 4.69) is 10.5 Å². The van der Waals surface area contributed by atoms with E-state index in [-0.39, 0.29) is 12.1 Å². The minimum atomic E-state index is -0.168. The zero-order valence-electron chi connectivity index (χ0n) is 12.1. The summed E-state index contributed by atoms with van der Waals surface area (Å²) in [4.78, 5) is 12.2. The van der Waals surface area contributed by atoms with Gasteiger partial charge in [-0.3, -0.25) is 0 Å². The van der Waals surface area contributed by atoms with Crippen molar-refractivity contribution >= 4 is 11.7 Å². The van der Waals surface area contributed by atoms with Gasteiger partial charge in [-0.15, -0.1) is 0 Å². The molecule has 1 atom stereocenters. The van der Waals surface area contributed by atoms with Crippen LogP contribution in [0.5, 0.6) is 0 Å². The van der Waals surface area contributed by atoms with Crippen molar-refractivity contribution in [3.63, 3.8) is 0 Å². The number of hydrogen-bond donors (Lipinski definition) is 1. The van der Waals surface area contributed by atoms with Gasteiger partial charge in [0.25, 0.3) is 0 Å². The number of fused-ring (bicyclic) bond motifs is 3. The van der Waals surface area contributed by atoms with Crippen LogP contribution in [0.15, 0.2) is 23.3 Å². The first-order chi connectivity index (χ1) is 10.3. The molecular weight excluding hydrogens is 264 g/mol. The molecule has 1 N–H and O–H groups in total. The number of nitrogens with zero attached hydrogens (tertiary/aromatic N) is 1. The first-order valence-electron chi connectivity index (χ1n) is 7.96. The molecule has 1 unspecified atom stereocenters. The topological polar surface area (TPSA) is 50.7 Å². The molecule has 1 fully saturated rings. The lowest BCUT2D eigenvalue weighted by atomic mass is 9.82. The second-order valence-corrected chi connectivity index (χ2v) is 6.28. The van der Waals surface area contributed by atoms with E-state index >= 15 is 0 Å². The second-order valence-electron chi connectivity index (χ2n) is 6.28. The van der Waals surface area contributed by atoms with Gasteiger partial charge >= 0.3 is 5.97 Å². The van der Waals surface area contributed by atoms with Crippen molar-refractivity contribution in [2.24, 2.45) is 11.0 Å². The molecule has 0 saturated heterocycles. The highest BCUT2D eigenvalue weighted by Gasteiger charge is 2.29. The van der Waals surface area contributed by atoms with E-state index in [0.717, 1.165) is 37.9 Å². The first kappa shape index (κ1) is 12.9. The summed E-state index contributed by atoms with van der Waals surface area (Å²) in [6.07, 6.45) is 6.64. The predicted molar refractivity (Wildman–Crippen MR) is 80.5 cm³/mol. The lowest BCUT2D eigenvalue weighted by Crippen LogP contribution is -2.23. The summed E-state index contributed by atoms with van der Waals surface area (Å²) in [7, 11) is 0. The third kappa shape index (κ3) is 2.33. The average molecular weight is 284 g/mol. The van der Waals surface area contributed by atoms with Crippen molar-refractivity contribution < 1.29 is 9.53 Å². The number of aryl methyl sites for hydroxylation is 1. The number of rotatable bonds is 2. The van der Waals surface area contributed by atoms with Gasteiger partial charge in [0, 0.05) is 18.0 Å². The maximum Gasteiger partial charge on any atom is 0.338 e. The van der Waals surface area contributed by atoms with Gasteiger partial charge in [0.15, 0.2) is 0 Å². The smallest absolute Gasteiger partial charge is 0.338 e. The highest BCUT2D eigenvalue weighted by molar-refractivity contribution is 6.06. The van der Waals surface area contributed by atoms with Crippen LogP contribution in [0.2, 0.25) is 0 Å². The average Bonchev–Trinajstić information content (AvgIpc) is 3.17. The molecule has 0 spiro atoms. The number of carbonyl (C=O) groups is 1. The molecule has 0 aromatic heterocycles. The Kier molecular flexibility index (Phi) is 3.17. The summed E-state index contributed by atoms with van der Waals surface area (Å²) in [5.74, 6) is 0.368. The van der Waals surface area contributed by atoms with Gasteiger partial charge in [-0.25, -0.2) is 4.79 Å². The molecule has 0 amide bonds. The first-order valence-corrected chi connectivity index (χ1v) is 7.96. The van der Waals surface area contributed by atoms with Crippen LogP contribution in [0.3, 0.4) is 0 Å². The summed E-state index contributed by atoms with van der Waals surface area (Å²) >= 11 is 0. The van der Waals surface area contributed by atoms with E-state index in [0.29, 0.717) is 11.5 Å². The summed E-state index contributed by atoms with van der Waals surface area (Å²) in [6, 6.07) is 5.93. The summed E-state index contributed by atoms with van der Waals surface area (Å²) in [6.45, 7) is 0.945. The molecule has 110 valence electrons. The van der Waals surface area contributed by atoms with E-state index < -0.39 is 0 Å². The van der Waals surface area contributed by atoms with Gasteiger partial charge in [0.05, 0.1) is 11.3 Å². The van der Waals surface area contributed by atoms with Crippen LogP contribution in [0.4, 0.5) is 0 Å². The van der Waals surface area contributed by atoms with Crippen molar-refractivity contribution in [2.45, 2.75) is 44.6 Å². The largest absolute Gasteiger partial charge is 0.459 e. The molecule has 1 saturated carbocycles. The Hall–Kier alpha value is -1.84. The Morgan fingerprint density at radius 1 is 1.24 bits per heavy atom. The van der Waals surface area contributed by atoms with E-state index in [1.54, 1.807) is 0 Å². The molecule has 0 radical (unpaired) electrons. The minimum Gasteiger partial charge on any atom is -0.459 e. The van der Waals surface area contributed by atoms with Crippen molar-refractivity contribution in [2.75, 3.05) is 6.54 Å². The normalized spacial score (nSPS) is 24.0. The molecule has 2 aliphatic carbocycles. The molecule has 4 nitrogen and oxygen atoms in total. The van der Waals surface area contributed by atoms with Crippen LogP contribution in [0, 0.1) is 5.92 Å². The van der Waals surface area contributed by atoms with E-state index in [1.165, 1.54) is 24.0 Å². The van der Waals surface area contributed by atoms with E-state index in [4.69, 9.17) is 4.74 Å². The van der Waals surface area contributed by atoms with Gasteiger partial charge in [-0.2, -0.15) is 5.10 Å². The Morgan fingerprint density at radius 3 is 2.95 bits per heavy atom. The van der Waals surface area contributed by atoms with Crippen molar-refractivity contribution in [3.05, 3.63) is 34.9 Å². The Balaban J connectivity index is 1.56. The molecule has 4 heteroatoms. The number of hydrogen-bond acceptors (Lipinski definition) is 4. The highest BCUT2D eigenvalue weighted by atomic mass is 16.5. The maximum atomic E-state index is 12.2. The van der Waals surface area contributed by atoms with Crippen molar-refractivity contribution in [1.82, 2.24) is 5.43 Å². The van der Waals surface area contributed by atoms with E-state index in [1.807, 2.05) is 18.2 Å². The summed E-state index contributed by atoms with van der Waals surface area (Å²) in [5, 5.41) is 4.41. The van der Waals surface area contributed by atoms with Crippen LogP contribution < -0.4 is 5.43 Å². The standard InChI is InChI=1S/C17H20N2O2/c20-17(21-14-3-1-2-4-14)12-7-8-15-11(9-12)5-6-13-10-18-19-16(13)15/h7-9,13-14,18H,1-6,10H2. The van der Waals surface area contributed by atoms with Gasteiger partial charge in [0.2, 0.25) is 0 Å². The molecule has 21 heavy (non-hydrogen) atoms. The lowest BCUT2D eigenvalue weighted by molar-refractivity contribution is 0.0317. The van der Waals surface area contributed by atoms with Gasteiger partial charge in [-0.05, 0) is 56.2 Å². The minimum absolute atomic E-state index is 0.126. The zero-order valence-corrected chi connectivity index (χ0v) is 12.1. The number of benzene rings is 1. The molecule has 1 aromatic carbocycles. The number of hydrazone groups is 1. The van der Waals surface area contributed by atoms with Crippen LogP contribution in [0.25, 0.3) is 0 Å². The molecule has 1 aliphatic heterocycles. The molecule has 1 aromatic rings. The Bertz CT molecular complexity index is 603. The van der Waals surface area contributed by atoms with Crippen LogP contribution in [-0.2, 0) is 11.2 Å². The van der Waals surface area contributed by atoms with E-state index in [9.17, 15) is 4.79 Å². The summed E-state index contributed by atoms with van der Waals surface area (Å²) in [5.41, 5.74) is 7.37. The van der Waals surface area contributed by atoms with Gasteiger partial charge in [-0.1, -0.05) is 6.07 Å². The van der Waals surface area contributed by atoms with Crippen LogP contribution in [0.1, 0.15) is 53.6 Å². The zero-order chi connectivity index (χ0) is 14.2. The fraction of sp³-hybridized carbons (Fsp3) is 0.529. The Morgan fingerprint density at radius 2 is 2.10 bits per heavy atom. The van der Waals surface area contributed by atoms with Crippen LogP contribution >= 0.6 is 0 Å². The predicted octanol–water partition coefficient (Wildman–Crippen LogP) is 2.66. The lowest BCUT2D eigenvalue weighted by Gasteiger charge is -2.22. The molecule has 3 aliphatic rings. The SMILES string of the molecule is O=C(OC1CCCC1)c1ccc2c(c1)CCC1CNN=C21. The molecule has 1 heterocycles. The highest BCUT2D eigenvalue weighted by Crippen LogP contribution is 2.29. The van der Waals surface area contributed by atoms with Crippen LogP contribution in [-0.4, -0.2) is 24.3 Å². The van der Waals surface area contributed by atoms with Gasteiger partial charge < -0.3 is 10.2 Å². The number of nitrogens with one attached hydrogen (secondary N) is 1. The summed E-state index contributed by atoms with van der Waals surface area (Å²) < 4.78 is 5.59. The molecule has 4 rings (SSSR count). The second kappa shape index (κ2) is 5.17. The monoisotopic (exact) mass is 284 g/mol. The number of esters is 1. The Labute approximate surface area is 124 Å².